The van der Waals surface area contributed by atoms with Crippen molar-refractivity contribution in [2.75, 3.05) is 11.3 Å². The number of halogens is 1. The molecule has 1 heterocycles. The number of pyridine rings is 1. The molecule has 2 aromatic rings. The second-order valence-electron chi connectivity index (χ2n) is 3.98. The quantitative estimate of drug-likeness (QED) is 0.845. The third-order valence-corrected chi connectivity index (χ3v) is 4.00. The standard InChI is InChI=1S/C14H12ClN3O2S/c15-11-4-1-7-13(10-11)21(19,20)18-14-8-2-5-12(17-14)6-3-9-16/h1-2,4-5,7-8,10H,9,16H2,(H,17,18). The minimum absolute atomic E-state index is 0.0650. The van der Waals surface area contributed by atoms with Crippen LogP contribution in [-0.2, 0) is 10.0 Å². The number of rotatable bonds is 3. The molecule has 3 N–H and O–H groups in total. The first-order valence-electron chi connectivity index (χ1n) is 5.95. The van der Waals surface area contributed by atoms with E-state index in [4.69, 9.17) is 17.3 Å². The summed E-state index contributed by atoms with van der Waals surface area (Å²) in [4.78, 5) is 4.16. The lowest BCUT2D eigenvalue weighted by Gasteiger charge is -2.07. The molecule has 5 nitrogen and oxygen atoms in total. The van der Waals surface area contributed by atoms with Gasteiger partial charge in [-0.05, 0) is 36.3 Å². The molecule has 0 atom stereocenters. The van der Waals surface area contributed by atoms with Crippen molar-refractivity contribution >= 4 is 27.4 Å². The molecule has 0 saturated carbocycles. The van der Waals surface area contributed by atoms with E-state index in [2.05, 4.69) is 21.5 Å². The van der Waals surface area contributed by atoms with Gasteiger partial charge in [-0.3, -0.25) is 4.72 Å². The number of aromatic nitrogens is 1. The van der Waals surface area contributed by atoms with Gasteiger partial charge in [0.25, 0.3) is 10.0 Å². The minimum atomic E-state index is -3.74. The molecule has 0 unspecified atom stereocenters. The zero-order valence-electron chi connectivity index (χ0n) is 10.9. The molecule has 0 aliphatic rings. The molecule has 0 amide bonds. The predicted molar refractivity (Wildman–Crippen MR) is 82.4 cm³/mol. The highest BCUT2D eigenvalue weighted by molar-refractivity contribution is 7.92. The average Bonchev–Trinajstić information content (AvgIpc) is 2.45. The summed E-state index contributed by atoms with van der Waals surface area (Å²) in [6, 6.07) is 10.8. The molecule has 0 spiro atoms. The number of hydrogen-bond donors (Lipinski definition) is 2. The van der Waals surface area contributed by atoms with Gasteiger partial charge >= 0.3 is 0 Å². The largest absolute Gasteiger partial charge is 0.320 e. The fourth-order valence-corrected chi connectivity index (χ4v) is 2.84. The van der Waals surface area contributed by atoms with Gasteiger partial charge in [-0.1, -0.05) is 29.7 Å². The van der Waals surface area contributed by atoms with E-state index < -0.39 is 10.0 Å². The second-order valence-corrected chi connectivity index (χ2v) is 6.10. The molecular formula is C14H12ClN3O2S. The van der Waals surface area contributed by atoms with E-state index in [0.717, 1.165) is 0 Å². The normalized spacial score (nSPS) is 10.6. The molecule has 0 fully saturated rings. The van der Waals surface area contributed by atoms with Crippen LogP contribution < -0.4 is 10.5 Å². The zero-order valence-corrected chi connectivity index (χ0v) is 12.4. The van der Waals surface area contributed by atoms with Crippen molar-refractivity contribution in [3.05, 3.63) is 53.2 Å². The van der Waals surface area contributed by atoms with Gasteiger partial charge in [-0.25, -0.2) is 13.4 Å². The van der Waals surface area contributed by atoms with Gasteiger partial charge in [-0.15, -0.1) is 0 Å². The number of hydrogen-bond acceptors (Lipinski definition) is 4. The monoisotopic (exact) mass is 321 g/mol. The van der Waals surface area contributed by atoms with Crippen molar-refractivity contribution in [2.45, 2.75) is 4.90 Å². The summed E-state index contributed by atoms with van der Waals surface area (Å²) in [5.41, 5.74) is 5.72. The minimum Gasteiger partial charge on any atom is -0.320 e. The van der Waals surface area contributed by atoms with Crippen LogP contribution in [0.3, 0.4) is 0 Å². The third-order valence-electron chi connectivity index (χ3n) is 2.41. The Bertz CT molecular complexity index is 810. The molecule has 108 valence electrons. The number of nitrogens with one attached hydrogen (secondary N) is 1. The lowest BCUT2D eigenvalue weighted by Crippen LogP contribution is -2.14. The van der Waals surface area contributed by atoms with Gasteiger partial charge in [-0.2, -0.15) is 0 Å². The molecule has 0 saturated heterocycles. The molecule has 0 radical (unpaired) electrons. The lowest BCUT2D eigenvalue weighted by molar-refractivity contribution is 0.601. The van der Waals surface area contributed by atoms with Crippen molar-refractivity contribution in [2.24, 2.45) is 5.73 Å². The highest BCUT2D eigenvalue weighted by atomic mass is 35.5. The van der Waals surface area contributed by atoms with Crippen molar-refractivity contribution in [1.29, 1.82) is 0 Å². The van der Waals surface area contributed by atoms with Crippen LogP contribution in [0.25, 0.3) is 0 Å². The van der Waals surface area contributed by atoms with Crippen LogP contribution in [0.4, 0.5) is 5.82 Å². The topological polar surface area (TPSA) is 85.1 Å². The number of nitrogens with zero attached hydrogens (tertiary/aromatic N) is 1. The van der Waals surface area contributed by atoms with Crippen LogP contribution in [0.1, 0.15) is 5.69 Å². The van der Waals surface area contributed by atoms with Crippen LogP contribution in [-0.4, -0.2) is 19.9 Å². The Kier molecular flexibility index (Phi) is 4.81. The number of nitrogens with two attached hydrogens (primary N) is 1. The molecule has 1 aromatic heterocycles. The number of anilines is 1. The van der Waals surface area contributed by atoms with Crippen molar-refractivity contribution in [3.63, 3.8) is 0 Å². The maximum absolute atomic E-state index is 12.2. The second kappa shape index (κ2) is 6.59. The van der Waals surface area contributed by atoms with Gasteiger partial charge in [0.1, 0.15) is 11.5 Å². The first-order valence-corrected chi connectivity index (χ1v) is 7.82. The van der Waals surface area contributed by atoms with Crippen LogP contribution in [0, 0.1) is 11.8 Å². The average molecular weight is 322 g/mol. The highest BCUT2D eigenvalue weighted by Crippen LogP contribution is 2.18. The smallest absolute Gasteiger partial charge is 0.263 e. The van der Waals surface area contributed by atoms with Gasteiger partial charge in [0.05, 0.1) is 11.4 Å². The molecule has 0 aliphatic carbocycles. The summed E-state index contributed by atoms with van der Waals surface area (Å²) in [5, 5.41) is 0.341. The summed E-state index contributed by atoms with van der Waals surface area (Å²) in [5.74, 6) is 5.57. The van der Waals surface area contributed by atoms with E-state index in [9.17, 15) is 8.42 Å². The van der Waals surface area contributed by atoms with E-state index in [1.165, 1.54) is 18.2 Å². The highest BCUT2D eigenvalue weighted by Gasteiger charge is 2.15. The molecule has 0 aliphatic heterocycles. The van der Waals surface area contributed by atoms with Crippen molar-refractivity contribution < 1.29 is 8.42 Å². The van der Waals surface area contributed by atoms with Gasteiger partial charge in [0, 0.05) is 5.02 Å². The van der Waals surface area contributed by atoms with Crippen molar-refractivity contribution in [3.8, 4) is 11.8 Å². The maximum atomic E-state index is 12.2. The van der Waals surface area contributed by atoms with Gasteiger partial charge < -0.3 is 5.73 Å². The lowest BCUT2D eigenvalue weighted by atomic mass is 10.3. The zero-order chi connectivity index (χ0) is 15.3. The predicted octanol–water partition coefficient (Wildman–Crippen LogP) is 1.85. The van der Waals surface area contributed by atoms with E-state index in [1.807, 2.05) is 0 Å². The van der Waals surface area contributed by atoms with E-state index in [0.29, 0.717) is 10.7 Å². The van der Waals surface area contributed by atoms with Gasteiger partial charge in [0.2, 0.25) is 0 Å². The Labute approximate surface area is 128 Å². The fourth-order valence-electron chi connectivity index (χ4n) is 1.53. The third kappa shape index (κ3) is 4.20. The Balaban J connectivity index is 2.29. The van der Waals surface area contributed by atoms with Crippen LogP contribution in [0.15, 0.2) is 47.4 Å². The van der Waals surface area contributed by atoms with Crippen LogP contribution in [0.5, 0.6) is 0 Å². The SMILES string of the molecule is NCC#Cc1cccc(NS(=O)(=O)c2cccc(Cl)c2)n1. The summed E-state index contributed by atoms with van der Waals surface area (Å²) in [6.45, 7) is 0.208. The molecule has 1 aromatic carbocycles. The number of benzene rings is 1. The molecule has 0 bridgehead atoms. The maximum Gasteiger partial charge on any atom is 0.263 e. The molecular weight excluding hydrogens is 310 g/mol. The molecule has 21 heavy (non-hydrogen) atoms. The number of sulfonamides is 1. The van der Waals surface area contributed by atoms with Crippen LogP contribution in [0.2, 0.25) is 5.02 Å². The van der Waals surface area contributed by atoms with Gasteiger partial charge in [0.15, 0.2) is 0 Å². The summed E-state index contributed by atoms with van der Waals surface area (Å²) < 4.78 is 26.8. The van der Waals surface area contributed by atoms with Crippen LogP contribution >= 0.6 is 11.6 Å². The molecule has 7 heteroatoms. The molecule has 2 rings (SSSR count). The van der Waals surface area contributed by atoms with Crippen molar-refractivity contribution in [1.82, 2.24) is 4.98 Å². The first kappa shape index (κ1) is 15.3. The Morgan fingerprint density at radius 2 is 2.00 bits per heavy atom. The Morgan fingerprint density at radius 1 is 1.24 bits per heavy atom. The summed E-state index contributed by atoms with van der Waals surface area (Å²) in [6.07, 6.45) is 0. The summed E-state index contributed by atoms with van der Waals surface area (Å²) >= 11 is 5.80. The first-order chi connectivity index (χ1) is 10.0. The summed E-state index contributed by atoms with van der Waals surface area (Å²) in [7, 11) is -3.74. The fraction of sp³-hybridized carbons (Fsp3) is 0.0714. The Hall–Kier alpha value is -2.07. The van der Waals surface area contributed by atoms with E-state index in [-0.39, 0.29) is 17.3 Å². The Morgan fingerprint density at radius 3 is 2.71 bits per heavy atom. The van der Waals surface area contributed by atoms with E-state index >= 15 is 0 Å². The van der Waals surface area contributed by atoms with E-state index in [1.54, 1.807) is 24.3 Å².